The van der Waals surface area contributed by atoms with E-state index in [1.54, 1.807) is 18.2 Å². The third kappa shape index (κ3) is 5.19. The maximum atomic E-state index is 12.2. The number of hydrogen-bond donors (Lipinski definition) is 1. The minimum Gasteiger partial charge on any atom is -0.449 e. The Hall–Kier alpha value is -4.17. The van der Waals surface area contributed by atoms with Crippen molar-refractivity contribution in [1.82, 2.24) is 5.32 Å². The molecule has 4 rings (SSSR count). The van der Waals surface area contributed by atoms with E-state index in [-0.39, 0.29) is 18.1 Å². The van der Waals surface area contributed by atoms with Crippen LogP contribution >= 0.6 is 0 Å². The Morgan fingerprint density at radius 3 is 2.36 bits per heavy atom. The maximum absolute atomic E-state index is 12.2. The first kappa shape index (κ1) is 22.0. The van der Waals surface area contributed by atoms with Gasteiger partial charge in [-0.15, -0.1) is 0 Å². The molecule has 1 aliphatic carbocycles. The molecule has 164 valence electrons. The van der Waals surface area contributed by atoms with E-state index in [1.807, 2.05) is 48.6 Å². The van der Waals surface area contributed by atoms with Crippen molar-refractivity contribution in [3.05, 3.63) is 101 Å². The molecule has 5 heteroatoms. The van der Waals surface area contributed by atoms with Crippen LogP contribution in [0.4, 0.5) is 4.79 Å². The van der Waals surface area contributed by atoms with E-state index in [4.69, 9.17) is 10.00 Å². The fourth-order valence-electron chi connectivity index (χ4n) is 4.12. The van der Waals surface area contributed by atoms with Gasteiger partial charge in [-0.1, -0.05) is 78.9 Å². The second-order valence-corrected chi connectivity index (χ2v) is 7.83. The number of nitriles is 1. The number of amides is 1. The van der Waals surface area contributed by atoms with Crippen LogP contribution in [0, 0.1) is 11.3 Å². The summed E-state index contributed by atoms with van der Waals surface area (Å²) >= 11 is 0. The molecule has 0 unspecified atom stereocenters. The zero-order valence-corrected chi connectivity index (χ0v) is 18.2. The van der Waals surface area contributed by atoms with Gasteiger partial charge in [0.2, 0.25) is 0 Å². The predicted molar refractivity (Wildman–Crippen MR) is 128 cm³/mol. The number of ketones is 1. The maximum Gasteiger partial charge on any atom is 0.407 e. The molecule has 0 atom stereocenters. The van der Waals surface area contributed by atoms with Crippen molar-refractivity contribution >= 4 is 18.0 Å². The summed E-state index contributed by atoms with van der Waals surface area (Å²) in [6.45, 7) is 0.736. The molecular formula is C28H24N2O3. The van der Waals surface area contributed by atoms with Gasteiger partial charge < -0.3 is 10.1 Å². The van der Waals surface area contributed by atoms with E-state index >= 15 is 0 Å². The first-order valence-corrected chi connectivity index (χ1v) is 10.9. The average Bonchev–Trinajstić information content (AvgIpc) is 3.16. The molecule has 0 aliphatic heterocycles. The predicted octanol–water partition coefficient (Wildman–Crippen LogP) is 5.72. The standard InChI is InChI=1S/C28H24N2O3/c29-16-15-27(31)21-10-7-9-20(18-21)8-5-6-17-30-28(32)33-19-26-24-13-3-1-11-22(24)23-12-2-4-14-25(23)26/h1-5,7-14,18,26H,6,15,17,19H2,(H,30,32). The van der Waals surface area contributed by atoms with Crippen molar-refractivity contribution < 1.29 is 14.3 Å². The van der Waals surface area contributed by atoms with Crippen molar-refractivity contribution in [3.63, 3.8) is 0 Å². The zero-order chi connectivity index (χ0) is 23.0. The SMILES string of the molecule is N#CCC(=O)c1cccc(C=CCCNC(=O)OCC2c3ccccc3-c3ccccc32)c1. The summed E-state index contributed by atoms with van der Waals surface area (Å²) in [7, 11) is 0. The van der Waals surface area contributed by atoms with Crippen molar-refractivity contribution in [3.8, 4) is 17.2 Å². The Kier molecular flexibility index (Phi) is 6.96. The van der Waals surface area contributed by atoms with Crippen LogP contribution in [-0.2, 0) is 4.74 Å². The fourth-order valence-corrected chi connectivity index (χ4v) is 4.12. The smallest absolute Gasteiger partial charge is 0.407 e. The molecule has 0 aromatic heterocycles. The van der Waals surface area contributed by atoms with Gasteiger partial charge in [0.25, 0.3) is 0 Å². The third-order valence-corrected chi connectivity index (χ3v) is 5.68. The summed E-state index contributed by atoms with van der Waals surface area (Å²) in [5.41, 5.74) is 6.17. The highest BCUT2D eigenvalue weighted by molar-refractivity contribution is 5.97. The minimum atomic E-state index is -0.436. The highest BCUT2D eigenvalue weighted by atomic mass is 16.5. The Bertz CT molecular complexity index is 1190. The van der Waals surface area contributed by atoms with Gasteiger partial charge in [0, 0.05) is 18.0 Å². The van der Waals surface area contributed by atoms with Crippen LogP contribution in [0.2, 0.25) is 0 Å². The fraction of sp³-hybridized carbons (Fsp3) is 0.179. The van der Waals surface area contributed by atoms with E-state index in [9.17, 15) is 9.59 Å². The lowest BCUT2D eigenvalue weighted by Crippen LogP contribution is -2.26. The number of fused-ring (bicyclic) bond motifs is 3. The summed E-state index contributed by atoms with van der Waals surface area (Å²) in [6, 6.07) is 25.5. The monoisotopic (exact) mass is 436 g/mol. The molecule has 1 amide bonds. The van der Waals surface area contributed by atoms with Crippen LogP contribution in [0.25, 0.3) is 17.2 Å². The number of alkyl carbamates (subject to hydrolysis) is 1. The lowest BCUT2D eigenvalue weighted by Gasteiger charge is -2.14. The lowest BCUT2D eigenvalue weighted by molar-refractivity contribution is 0.0997. The van der Waals surface area contributed by atoms with Gasteiger partial charge in [-0.3, -0.25) is 4.79 Å². The molecule has 5 nitrogen and oxygen atoms in total. The van der Waals surface area contributed by atoms with Crippen LogP contribution in [0.3, 0.4) is 0 Å². The van der Waals surface area contributed by atoms with Crippen LogP contribution in [0.1, 0.15) is 45.8 Å². The van der Waals surface area contributed by atoms with Gasteiger partial charge >= 0.3 is 6.09 Å². The van der Waals surface area contributed by atoms with E-state index in [0.29, 0.717) is 25.1 Å². The molecule has 33 heavy (non-hydrogen) atoms. The zero-order valence-electron chi connectivity index (χ0n) is 18.2. The van der Waals surface area contributed by atoms with E-state index in [1.165, 1.54) is 22.3 Å². The van der Waals surface area contributed by atoms with Crippen molar-refractivity contribution in [1.29, 1.82) is 5.26 Å². The second-order valence-electron chi connectivity index (χ2n) is 7.83. The average molecular weight is 437 g/mol. The number of rotatable bonds is 8. The van der Waals surface area contributed by atoms with Gasteiger partial charge in [0.15, 0.2) is 5.78 Å². The minimum absolute atomic E-state index is 0.0408. The van der Waals surface area contributed by atoms with Gasteiger partial charge in [0.1, 0.15) is 6.61 Å². The largest absolute Gasteiger partial charge is 0.449 e. The van der Waals surface area contributed by atoms with Crippen molar-refractivity contribution in [2.45, 2.75) is 18.8 Å². The van der Waals surface area contributed by atoms with E-state index < -0.39 is 6.09 Å². The number of ether oxygens (including phenoxy) is 1. The van der Waals surface area contributed by atoms with Gasteiger partial charge in [-0.25, -0.2) is 4.79 Å². The molecule has 1 N–H and O–H groups in total. The van der Waals surface area contributed by atoms with Gasteiger partial charge in [-0.2, -0.15) is 5.26 Å². The topological polar surface area (TPSA) is 79.2 Å². The number of nitrogens with one attached hydrogen (secondary N) is 1. The van der Waals surface area contributed by atoms with E-state index in [2.05, 4.69) is 29.6 Å². The first-order valence-electron chi connectivity index (χ1n) is 10.9. The summed E-state index contributed by atoms with van der Waals surface area (Å²) in [5, 5.41) is 11.5. The summed E-state index contributed by atoms with van der Waals surface area (Å²) < 4.78 is 5.53. The number of carbonyl (C=O) groups excluding carboxylic acids is 2. The molecule has 0 heterocycles. The number of hydrogen-bond acceptors (Lipinski definition) is 4. The summed E-state index contributed by atoms with van der Waals surface area (Å²) in [5.74, 6) is -0.149. The molecule has 0 fully saturated rings. The van der Waals surface area contributed by atoms with Gasteiger partial charge in [0.05, 0.1) is 12.5 Å². The molecule has 1 aliphatic rings. The summed E-state index contributed by atoms with van der Waals surface area (Å²) in [4.78, 5) is 24.1. The third-order valence-electron chi connectivity index (χ3n) is 5.68. The molecule has 0 saturated heterocycles. The van der Waals surface area contributed by atoms with E-state index in [0.717, 1.165) is 5.56 Å². The Morgan fingerprint density at radius 1 is 0.970 bits per heavy atom. The second kappa shape index (κ2) is 10.4. The quantitative estimate of drug-likeness (QED) is 0.361. The van der Waals surface area contributed by atoms with Crippen LogP contribution in [0.5, 0.6) is 0 Å². The van der Waals surface area contributed by atoms with Crippen molar-refractivity contribution in [2.24, 2.45) is 0 Å². The number of nitrogens with zero attached hydrogens (tertiary/aromatic N) is 1. The van der Waals surface area contributed by atoms with Crippen LogP contribution in [0.15, 0.2) is 78.9 Å². The Balaban J connectivity index is 1.25. The highest BCUT2D eigenvalue weighted by Crippen LogP contribution is 2.44. The highest BCUT2D eigenvalue weighted by Gasteiger charge is 2.28. The van der Waals surface area contributed by atoms with Crippen molar-refractivity contribution in [2.75, 3.05) is 13.2 Å². The molecular weight excluding hydrogens is 412 g/mol. The molecule has 0 saturated carbocycles. The molecule has 0 bridgehead atoms. The number of Topliss-reactive ketones (excluding diaryl/α,β-unsaturated/α-hetero) is 1. The number of benzene rings is 3. The molecule has 3 aromatic rings. The summed E-state index contributed by atoms with van der Waals surface area (Å²) in [6.07, 6.45) is 3.88. The number of carbonyl (C=O) groups is 2. The Labute approximate surface area is 193 Å². The first-order chi connectivity index (χ1) is 16.2. The van der Waals surface area contributed by atoms with Crippen LogP contribution in [-0.4, -0.2) is 25.0 Å². The Morgan fingerprint density at radius 2 is 1.67 bits per heavy atom. The lowest BCUT2D eigenvalue weighted by atomic mass is 9.98. The molecule has 3 aromatic carbocycles. The van der Waals surface area contributed by atoms with Crippen LogP contribution < -0.4 is 5.32 Å². The molecule has 0 radical (unpaired) electrons. The normalized spacial score (nSPS) is 12.1. The molecule has 0 spiro atoms. The van der Waals surface area contributed by atoms with Gasteiger partial charge in [-0.05, 0) is 40.3 Å².